The van der Waals surface area contributed by atoms with Gasteiger partial charge in [0.05, 0.1) is 5.92 Å². The van der Waals surface area contributed by atoms with Crippen molar-refractivity contribution in [3.63, 3.8) is 0 Å². The second-order valence-corrected chi connectivity index (χ2v) is 7.33. The van der Waals surface area contributed by atoms with E-state index in [2.05, 4.69) is 39.8 Å². The third kappa shape index (κ3) is 4.03. The summed E-state index contributed by atoms with van der Waals surface area (Å²) in [6.07, 6.45) is 2.22. The van der Waals surface area contributed by atoms with Crippen molar-refractivity contribution in [3.05, 3.63) is 65.2 Å². The predicted molar refractivity (Wildman–Crippen MR) is 105 cm³/mol. The van der Waals surface area contributed by atoms with E-state index < -0.39 is 5.92 Å². The maximum atomic E-state index is 12.6. The molecule has 2 heterocycles. The van der Waals surface area contributed by atoms with Crippen LogP contribution in [0.5, 0.6) is 0 Å². The zero-order chi connectivity index (χ0) is 18.6. The third-order valence-corrected chi connectivity index (χ3v) is 5.48. The summed E-state index contributed by atoms with van der Waals surface area (Å²) < 4.78 is 0. The highest BCUT2D eigenvalue weighted by Gasteiger charge is 2.30. The predicted octanol–water partition coefficient (Wildman–Crippen LogP) is 2.68. The topological polar surface area (TPSA) is 61.4 Å². The van der Waals surface area contributed by atoms with Crippen molar-refractivity contribution in [2.45, 2.75) is 31.7 Å². The van der Waals surface area contributed by atoms with Crippen molar-refractivity contribution < 1.29 is 9.59 Å². The summed E-state index contributed by atoms with van der Waals surface area (Å²) in [5, 5.41) is 5.86. The first kappa shape index (κ1) is 17.7. The SMILES string of the molecule is O=C1C[C@@H](C(=O)NCCCN2CCc3ccccc3C2)c2ccccc2N1. The van der Waals surface area contributed by atoms with Crippen LogP contribution in [-0.4, -0.2) is 36.3 Å². The molecule has 2 aromatic rings. The number of hydrogen-bond donors (Lipinski definition) is 2. The van der Waals surface area contributed by atoms with Gasteiger partial charge in [-0.1, -0.05) is 42.5 Å². The standard InChI is InChI=1S/C22H25N3O2/c26-21-14-19(18-8-3-4-9-20(18)24-21)22(27)23-11-5-12-25-13-10-16-6-1-2-7-17(16)15-25/h1-4,6-9,19H,5,10-15H2,(H,23,27)(H,24,26)/t19-/m1/s1. The summed E-state index contributed by atoms with van der Waals surface area (Å²) in [5.74, 6) is -0.543. The summed E-state index contributed by atoms with van der Waals surface area (Å²) in [6.45, 7) is 3.66. The lowest BCUT2D eigenvalue weighted by Gasteiger charge is -2.29. The molecule has 4 rings (SSSR count). The maximum Gasteiger partial charge on any atom is 0.228 e. The largest absolute Gasteiger partial charge is 0.356 e. The number of amides is 2. The first-order chi connectivity index (χ1) is 13.2. The van der Waals surface area contributed by atoms with Gasteiger partial charge in [-0.15, -0.1) is 0 Å². The van der Waals surface area contributed by atoms with Crippen LogP contribution in [0.4, 0.5) is 5.69 Å². The Morgan fingerprint density at radius 1 is 1.11 bits per heavy atom. The van der Waals surface area contributed by atoms with Crippen LogP contribution < -0.4 is 10.6 Å². The average Bonchev–Trinajstić information content (AvgIpc) is 2.70. The van der Waals surface area contributed by atoms with Gasteiger partial charge in [-0.3, -0.25) is 14.5 Å². The second kappa shape index (κ2) is 7.92. The molecule has 2 aliphatic rings. The van der Waals surface area contributed by atoms with Gasteiger partial charge in [0.1, 0.15) is 0 Å². The Balaban J connectivity index is 1.27. The molecule has 0 aliphatic carbocycles. The Hall–Kier alpha value is -2.66. The number of para-hydroxylation sites is 1. The molecule has 0 saturated carbocycles. The molecule has 0 unspecified atom stereocenters. The summed E-state index contributed by atoms with van der Waals surface area (Å²) in [4.78, 5) is 26.9. The average molecular weight is 363 g/mol. The maximum absolute atomic E-state index is 12.6. The lowest BCUT2D eigenvalue weighted by atomic mass is 9.90. The highest BCUT2D eigenvalue weighted by Crippen LogP contribution is 2.31. The molecule has 1 atom stereocenters. The molecule has 5 heteroatoms. The zero-order valence-corrected chi connectivity index (χ0v) is 15.4. The lowest BCUT2D eigenvalue weighted by molar-refractivity contribution is -0.126. The van der Waals surface area contributed by atoms with E-state index in [9.17, 15) is 9.59 Å². The van der Waals surface area contributed by atoms with Crippen LogP contribution in [0.25, 0.3) is 0 Å². The van der Waals surface area contributed by atoms with E-state index in [0.29, 0.717) is 6.54 Å². The molecular weight excluding hydrogens is 338 g/mol. The Bertz CT molecular complexity index is 849. The van der Waals surface area contributed by atoms with E-state index in [1.165, 1.54) is 11.1 Å². The fraction of sp³-hybridized carbons (Fsp3) is 0.364. The summed E-state index contributed by atoms with van der Waals surface area (Å²) in [5.41, 5.74) is 4.53. The fourth-order valence-corrected chi connectivity index (χ4v) is 4.03. The van der Waals surface area contributed by atoms with Gasteiger partial charge in [0.15, 0.2) is 0 Å². The number of nitrogens with one attached hydrogen (secondary N) is 2. The van der Waals surface area contributed by atoms with Crippen LogP contribution in [0.1, 0.15) is 35.4 Å². The van der Waals surface area contributed by atoms with Gasteiger partial charge in [0.2, 0.25) is 11.8 Å². The molecule has 2 N–H and O–H groups in total. The number of hydrogen-bond acceptors (Lipinski definition) is 3. The van der Waals surface area contributed by atoms with Gasteiger partial charge in [0, 0.05) is 38.3 Å². The van der Waals surface area contributed by atoms with Crippen LogP contribution in [0.2, 0.25) is 0 Å². The van der Waals surface area contributed by atoms with Gasteiger partial charge < -0.3 is 10.6 Å². The molecule has 5 nitrogen and oxygen atoms in total. The minimum Gasteiger partial charge on any atom is -0.356 e. The van der Waals surface area contributed by atoms with E-state index in [-0.39, 0.29) is 18.2 Å². The number of rotatable bonds is 5. The van der Waals surface area contributed by atoms with Crippen LogP contribution in [-0.2, 0) is 22.6 Å². The van der Waals surface area contributed by atoms with Gasteiger partial charge in [-0.2, -0.15) is 0 Å². The van der Waals surface area contributed by atoms with Gasteiger partial charge in [-0.25, -0.2) is 0 Å². The molecule has 0 radical (unpaired) electrons. The summed E-state index contributed by atoms with van der Waals surface area (Å²) in [6, 6.07) is 16.2. The molecule has 2 aliphatic heterocycles. The van der Waals surface area contributed by atoms with Crippen LogP contribution in [0.15, 0.2) is 48.5 Å². The molecular formula is C22H25N3O2. The van der Waals surface area contributed by atoms with Gasteiger partial charge in [0.25, 0.3) is 0 Å². The fourth-order valence-electron chi connectivity index (χ4n) is 4.03. The number of nitrogens with zero attached hydrogens (tertiary/aromatic N) is 1. The third-order valence-electron chi connectivity index (χ3n) is 5.48. The normalized spacial score (nSPS) is 19.0. The molecule has 2 aromatic carbocycles. The summed E-state index contributed by atoms with van der Waals surface area (Å²) in [7, 11) is 0. The van der Waals surface area contributed by atoms with Crippen LogP contribution >= 0.6 is 0 Å². The van der Waals surface area contributed by atoms with Crippen molar-refractivity contribution in [3.8, 4) is 0 Å². The van der Waals surface area contributed by atoms with Crippen molar-refractivity contribution in [2.24, 2.45) is 0 Å². The van der Waals surface area contributed by atoms with Gasteiger partial charge >= 0.3 is 0 Å². The first-order valence-electron chi connectivity index (χ1n) is 9.66. The lowest BCUT2D eigenvalue weighted by Crippen LogP contribution is -2.37. The Kier molecular flexibility index (Phi) is 5.21. The minimum absolute atomic E-state index is 0.0544. The van der Waals surface area contributed by atoms with E-state index in [1.54, 1.807) is 0 Å². The van der Waals surface area contributed by atoms with Crippen molar-refractivity contribution >= 4 is 17.5 Å². The Morgan fingerprint density at radius 2 is 1.89 bits per heavy atom. The van der Waals surface area contributed by atoms with Crippen molar-refractivity contribution in [2.75, 3.05) is 25.0 Å². The quantitative estimate of drug-likeness (QED) is 0.803. The molecule has 0 fully saturated rings. The van der Waals surface area contributed by atoms with Crippen LogP contribution in [0.3, 0.4) is 0 Å². The molecule has 0 spiro atoms. The molecule has 0 aromatic heterocycles. The number of anilines is 1. The summed E-state index contributed by atoms with van der Waals surface area (Å²) >= 11 is 0. The highest BCUT2D eigenvalue weighted by molar-refractivity contribution is 6.01. The first-order valence-corrected chi connectivity index (χ1v) is 9.66. The Morgan fingerprint density at radius 3 is 2.78 bits per heavy atom. The van der Waals surface area contributed by atoms with Crippen molar-refractivity contribution in [1.29, 1.82) is 0 Å². The number of carbonyl (C=O) groups excluding carboxylic acids is 2. The van der Waals surface area contributed by atoms with Crippen molar-refractivity contribution in [1.82, 2.24) is 10.2 Å². The smallest absolute Gasteiger partial charge is 0.228 e. The molecule has 27 heavy (non-hydrogen) atoms. The molecule has 2 amide bonds. The van der Waals surface area contributed by atoms with E-state index in [1.807, 2.05) is 24.3 Å². The number of carbonyl (C=O) groups is 2. The minimum atomic E-state index is -0.392. The highest BCUT2D eigenvalue weighted by atomic mass is 16.2. The van der Waals surface area contributed by atoms with E-state index >= 15 is 0 Å². The molecule has 0 bridgehead atoms. The van der Waals surface area contributed by atoms with E-state index in [0.717, 1.165) is 43.7 Å². The molecule has 0 saturated heterocycles. The van der Waals surface area contributed by atoms with Crippen LogP contribution in [0, 0.1) is 0 Å². The number of benzene rings is 2. The Labute approximate surface area is 159 Å². The zero-order valence-electron chi connectivity index (χ0n) is 15.4. The van der Waals surface area contributed by atoms with Gasteiger partial charge in [-0.05, 0) is 35.6 Å². The van der Waals surface area contributed by atoms with E-state index in [4.69, 9.17) is 0 Å². The number of fused-ring (bicyclic) bond motifs is 2. The molecule has 140 valence electrons. The second-order valence-electron chi connectivity index (χ2n) is 7.33. The monoisotopic (exact) mass is 363 g/mol.